The Hall–Kier alpha value is -1.14. The summed E-state index contributed by atoms with van der Waals surface area (Å²) in [6.45, 7) is 15.4. The number of carbonyl (C=O) groups excluding carboxylic acids is 2. The molecule has 0 heterocycles. The van der Waals surface area contributed by atoms with Crippen molar-refractivity contribution in [1.82, 2.24) is 4.90 Å². The van der Waals surface area contributed by atoms with Crippen molar-refractivity contribution in [2.75, 3.05) is 32.8 Å². The number of rotatable bonds is 43. The van der Waals surface area contributed by atoms with Gasteiger partial charge in [0.05, 0.1) is 6.61 Å². The van der Waals surface area contributed by atoms with E-state index in [2.05, 4.69) is 39.5 Å². The van der Waals surface area contributed by atoms with Gasteiger partial charge in [-0.15, -0.1) is 0 Å². The number of nitrogens with zero attached hydrogens (tertiary/aromatic N) is 1. The van der Waals surface area contributed by atoms with Gasteiger partial charge in [-0.2, -0.15) is 0 Å². The molecule has 0 spiro atoms. The maximum Gasteiger partial charge on any atom is 0.306 e. The molecule has 1 saturated carbocycles. The Bertz CT molecular complexity index is 886. The smallest absolute Gasteiger partial charge is 0.306 e. The Kier molecular flexibility index (Phi) is 33.8. The number of aliphatic hydroxyl groups excluding tert-OH is 1. The topological polar surface area (TPSA) is 76.1 Å². The van der Waals surface area contributed by atoms with Crippen LogP contribution in [0.15, 0.2) is 0 Å². The second-order valence-electron chi connectivity index (χ2n) is 19.0. The molecule has 0 aromatic carbocycles. The van der Waals surface area contributed by atoms with E-state index in [1.807, 2.05) is 0 Å². The van der Waals surface area contributed by atoms with Gasteiger partial charge in [-0.25, -0.2) is 0 Å². The molecule has 6 heteroatoms. The van der Waals surface area contributed by atoms with E-state index in [-0.39, 0.29) is 30.1 Å². The van der Waals surface area contributed by atoms with E-state index in [1.54, 1.807) is 0 Å². The predicted molar refractivity (Wildman–Crippen MR) is 239 cm³/mol. The average Bonchev–Trinajstić information content (AvgIpc) is 3.95. The van der Waals surface area contributed by atoms with E-state index in [9.17, 15) is 14.7 Å². The van der Waals surface area contributed by atoms with Crippen molar-refractivity contribution in [3.05, 3.63) is 0 Å². The van der Waals surface area contributed by atoms with Crippen LogP contribution in [0.5, 0.6) is 0 Å². The summed E-state index contributed by atoms with van der Waals surface area (Å²) in [5.74, 6) is 0.0166. The Morgan fingerprint density at radius 2 is 1.04 bits per heavy atom. The summed E-state index contributed by atoms with van der Waals surface area (Å²) in [7, 11) is 0. The molecule has 6 nitrogen and oxygen atoms in total. The summed E-state index contributed by atoms with van der Waals surface area (Å²) in [5, 5.41) is 9.40. The highest BCUT2D eigenvalue weighted by Crippen LogP contribution is 2.53. The summed E-state index contributed by atoms with van der Waals surface area (Å²) in [6.07, 6.45) is 41.1. The third kappa shape index (κ3) is 31.8. The second-order valence-corrected chi connectivity index (χ2v) is 19.0. The minimum Gasteiger partial charge on any atom is -0.465 e. The first-order chi connectivity index (χ1) is 27.2. The monoisotopic (exact) mass is 792 g/mol. The SMILES string of the molecule is CCCCCCCCCC(=O)OCC(C)(C)CCCCCN(CCCCO)CCCC1(CCCC(=O)OC(CCCCCCCC)CCCCCCCC)CC1. The molecule has 0 atom stereocenters. The minimum atomic E-state index is -0.0260. The maximum absolute atomic E-state index is 13.0. The molecule has 0 radical (unpaired) electrons. The molecule has 56 heavy (non-hydrogen) atoms. The highest BCUT2D eigenvalue weighted by Gasteiger charge is 2.41. The van der Waals surface area contributed by atoms with Crippen LogP contribution < -0.4 is 0 Å². The molecule has 0 aliphatic heterocycles. The van der Waals surface area contributed by atoms with Gasteiger partial charge >= 0.3 is 11.9 Å². The van der Waals surface area contributed by atoms with E-state index in [1.165, 1.54) is 148 Å². The second kappa shape index (κ2) is 35.8. The van der Waals surface area contributed by atoms with Gasteiger partial charge in [-0.3, -0.25) is 9.59 Å². The van der Waals surface area contributed by atoms with Gasteiger partial charge in [-0.1, -0.05) is 150 Å². The summed E-state index contributed by atoms with van der Waals surface area (Å²) in [4.78, 5) is 27.9. The summed E-state index contributed by atoms with van der Waals surface area (Å²) in [5.41, 5.74) is 0.478. The molecule has 332 valence electrons. The fourth-order valence-corrected chi connectivity index (χ4v) is 8.44. The van der Waals surface area contributed by atoms with Crippen molar-refractivity contribution in [3.8, 4) is 0 Å². The molecule has 0 saturated heterocycles. The molecular weight excluding hydrogens is 695 g/mol. The minimum absolute atomic E-state index is 0.0226. The van der Waals surface area contributed by atoms with E-state index >= 15 is 0 Å². The van der Waals surface area contributed by atoms with Crippen LogP contribution in [0.2, 0.25) is 0 Å². The molecular formula is C50H97NO5. The normalized spacial score (nSPS) is 13.9. The predicted octanol–water partition coefficient (Wildman–Crippen LogP) is 14.5. The Morgan fingerprint density at radius 1 is 0.571 bits per heavy atom. The molecule has 0 bridgehead atoms. The standard InChI is InChI=1S/C50H97NO5/c1-6-9-12-15-18-21-25-34-47(53)55-45-49(4,5)36-26-22-27-41-51(42-28-29-44-52)43-31-38-50(39-40-50)37-30-35-48(54)56-46(32-23-19-16-13-10-7-2)33-24-20-17-14-11-8-3/h46,52H,6-45H2,1-5H3. The maximum atomic E-state index is 13.0. The van der Waals surface area contributed by atoms with Gasteiger partial charge in [0, 0.05) is 19.4 Å². The molecule has 0 amide bonds. The Labute approximate surface area is 349 Å². The zero-order chi connectivity index (χ0) is 41.0. The van der Waals surface area contributed by atoms with E-state index < -0.39 is 0 Å². The number of esters is 2. The van der Waals surface area contributed by atoms with Crippen LogP contribution in [0, 0.1) is 10.8 Å². The van der Waals surface area contributed by atoms with Crippen LogP contribution in [0.4, 0.5) is 0 Å². The summed E-state index contributed by atoms with van der Waals surface area (Å²) >= 11 is 0. The van der Waals surface area contributed by atoms with Crippen molar-refractivity contribution >= 4 is 11.9 Å². The van der Waals surface area contributed by atoms with Gasteiger partial charge < -0.3 is 19.5 Å². The van der Waals surface area contributed by atoms with Crippen molar-refractivity contribution in [1.29, 1.82) is 0 Å². The zero-order valence-electron chi connectivity index (χ0n) is 38.4. The average molecular weight is 792 g/mol. The molecule has 0 aromatic rings. The first kappa shape index (κ1) is 52.9. The molecule has 0 aromatic heterocycles. The van der Waals surface area contributed by atoms with Gasteiger partial charge in [-0.05, 0) is 127 Å². The van der Waals surface area contributed by atoms with Crippen molar-refractivity contribution in [2.45, 2.75) is 265 Å². The number of carbonyl (C=O) groups is 2. The largest absolute Gasteiger partial charge is 0.465 e. The molecule has 1 N–H and O–H groups in total. The Balaban J connectivity index is 2.34. The van der Waals surface area contributed by atoms with Crippen LogP contribution in [0.1, 0.15) is 259 Å². The third-order valence-corrected chi connectivity index (χ3v) is 12.6. The molecule has 1 aliphatic carbocycles. The van der Waals surface area contributed by atoms with Crippen molar-refractivity contribution in [2.24, 2.45) is 10.8 Å². The fraction of sp³-hybridized carbons (Fsp3) is 0.960. The number of hydrogen-bond donors (Lipinski definition) is 1. The van der Waals surface area contributed by atoms with E-state index in [0.29, 0.717) is 24.9 Å². The van der Waals surface area contributed by atoms with Gasteiger partial charge in [0.15, 0.2) is 0 Å². The van der Waals surface area contributed by atoms with Gasteiger partial charge in [0.1, 0.15) is 6.10 Å². The lowest BCUT2D eigenvalue weighted by Crippen LogP contribution is -2.28. The first-order valence-corrected chi connectivity index (χ1v) is 24.9. The quantitative estimate of drug-likeness (QED) is 0.0490. The molecule has 1 aliphatic rings. The highest BCUT2D eigenvalue weighted by molar-refractivity contribution is 5.69. The first-order valence-electron chi connectivity index (χ1n) is 24.9. The molecule has 1 rings (SSSR count). The number of aliphatic hydroxyl groups is 1. The van der Waals surface area contributed by atoms with E-state index in [0.717, 1.165) is 83.8 Å². The van der Waals surface area contributed by atoms with Crippen LogP contribution in [-0.4, -0.2) is 60.9 Å². The number of ether oxygens (including phenoxy) is 2. The Morgan fingerprint density at radius 3 is 1.59 bits per heavy atom. The lowest BCUT2D eigenvalue weighted by atomic mass is 9.88. The lowest BCUT2D eigenvalue weighted by Gasteiger charge is -2.25. The van der Waals surface area contributed by atoms with Gasteiger partial charge in [0.2, 0.25) is 0 Å². The zero-order valence-corrected chi connectivity index (χ0v) is 38.4. The van der Waals surface area contributed by atoms with Crippen LogP contribution in [0.25, 0.3) is 0 Å². The summed E-state index contributed by atoms with van der Waals surface area (Å²) < 4.78 is 11.8. The van der Waals surface area contributed by atoms with Crippen molar-refractivity contribution < 1.29 is 24.2 Å². The fourth-order valence-electron chi connectivity index (χ4n) is 8.44. The molecule has 1 fully saturated rings. The van der Waals surface area contributed by atoms with Crippen LogP contribution >= 0.6 is 0 Å². The van der Waals surface area contributed by atoms with Crippen molar-refractivity contribution in [3.63, 3.8) is 0 Å². The molecule has 0 unspecified atom stereocenters. The third-order valence-electron chi connectivity index (χ3n) is 12.6. The number of hydrogen-bond acceptors (Lipinski definition) is 6. The van der Waals surface area contributed by atoms with Crippen LogP contribution in [0.3, 0.4) is 0 Å². The lowest BCUT2D eigenvalue weighted by molar-refractivity contribution is -0.150. The van der Waals surface area contributed by atoms with Gasteiger partial charge in [0.25, 0.3) is 0 Å². The van der Waals surface area contributed by atoms with Crippen LogP contribution in [-0.2, 0) is 19.1 Å². The number of unbranched alkanes of at least 4 members (excludes halogenated alkanes) is 19. The summed E-state index contributed by atoms with van der Waals surface area (Å²) in [6, 6.07) is 0. The van der Waals surface area contributed by atoms with E-state index in [4.69, 9.17) is 9.47 Å². The highest BCUT2D eigenvalue weighted by atomic mass is 16.5.